The average Bonchev–Trinajstić information content (AvgIpc) is 2.58. The fourth-order valence-corrected chi connectivity index (χ4v) is 5.93. The van der Waals surface area contributed by atoms with Crippen LogP contribution in [0, 0.1) is 12.8 Å². The van der Waals surface area contributed by atoms with Crippen molar-refractivity contribution in [3.05, 3.63) is 35.4 Å². The summed E-state index contributed by atoms with van der Waals surface area (Å²) in [6.45, 7) is 1.96. The van der Waals surface area contributed by atoms with E-state index in [1.807, 2.05) is 31.2 Å². The predicted octanol–water partition coefficient (Wildman–Crippen LogP) is 2.53. The lowest BCUT2D eigenvalue weighted by molar-refractivity contribution is 0.0905. The third-order valence-corrected chi connectivity index (χ3v) is 7.22. The molecule has 1 aromatic carbocycles. The molecule has 1 aromatic rings. The Bertz CT molecular complexity index is 598. The highest BCUT2D eigenvalue weighted by molar-refractivity contribution is 7.93. The van der Waals surface area contributed by atoms with Crippen molar-refractivity contribution in [2.45, 2.75) is 43.1 Å². The van der Waals surface area contributed by atoms with E-state index in [9.17, 15) is 13.2 Å². The largest absolute Gasteiger partial charge is 0.294 e. The first-order valence-electron chi connectivity index (χ1n) is 6.82. The Morgan fingerprint density at radius 1 is 1.16 bits per heavy atom. The van der Waals surface area contributed by atoms with E-state index in [-0.39, 0.29) is 22.2 Å². The molecule has 2 aliphatic rings. The number of rotatable bonds is 2. The summed E-state index contributed by atoms with van der Waals surface area (Å²) >= 11 is 0. The quantitative estimate of drug-likeness (QED) is 0.781. The number of sulfone groups is 1. The van der Waals surface area contributed by atoms with Gasteiger partial charge in [-0.1, -0.05) is 23.8 Å². The molecule has 0 saturated carbocycles. The first kappa shape index (κ1) is 12.9. The van der Waals surface area contributed by atoms with Gasteiger partial charge in [-0.15, -0.1) is 0 Å². The van der Waals surface area contributed by atoms with Crippen LogP contribution in [0.1, 0.15) is 41.6 Å². The standard InChI is InChI=1S/C15H18O3S/c1-10-3-2-4-11(7-10)15(16)12-8-13-5-6-14(9-12)19(13,17)18/h2-4,7,12-14H,5-6,8-9H2,1H3. The van der Waals surface area contributed by atoms with Crippen LogP contribution < -0.4 is 0 Å². The SMILES string of the molecule is Cc1cccc(C(=O)C2CC3CCC(C2)S3(=O)=O)c1. The van der Waals surface area contributed by atoms with Crippen LogP contribution in [0.5, 0.6) is 0 Å². The van der Waals surface area contributed by atoms with E-state index in [0.29, 0.717) is 12.8 Å². The van der Waals surface area contributed by atoms with Gasteiger partial charge < -0.3 is 0 Å². The Labute approximate surface area is 113 Å². The van der Waals surface area contributed by atoms with Gasteiger partial charge in [0, 0.05) is 11.5 Å². The number of fused-ring (bicyclic) bond motifs is 2. The second-order valence-electron chi connectivity index (χ2n) is 5.81. The maximum Gasteiger partial charge on any atom is 0.166 e. The minimum atomic E-state index is -2.94. The highest BCUT2D eigenvalue weighted by Gasteiger charge is 2.48. The molecule has 3 rings (SSSR count). The molecule has 2 unspecified atom stereocenters. The fraction of sp³-hybridized carbons (Fsp3) is 0.533. The zero-order valence-electron chi connectivity index (χ0n) is 11.0. The van der Waals surface area contributed by atoms with Crippen LogP contribution in [-0.2, 0) is 9.84 Å². The molecule has 0 N–H and O–H groups in total. The molecule has 2 heterocycles. The van der Waals surface area contributed by atoms with Crippen molar-refractivity contribution >= 4 is 15.6 Å². The predicted molar refractivity (Wildman–Crippen MR) is 74.0 cm³/mol. The van der Waals surface area contributed by atoms with Crippen LogP contribution in [-0.4, -0.2) is 24.7 Å². The molecule has 19 heavy (non-hydrogen) atoms. The lowest BCUT2D eigenvalue weighted by atomic mass is 9.90. The molecule has 2 saturated heterocycles. The Morgan fingerprint density at radius 3 is 2.37 bits per heavy atom. The van der Waals surface area contributed by atoms with Crippen molar-refractivity contribution in [1.82, 2.24) is 0 Å². The number of hydrogen-bond donors (Lipinski definition) is 0. The molecule has 3 nitrogen and oxygen atoms in total. The van der Waals surface area contributed by atoms with Crippen LogP contribution >= 0.6 is 0 Å². The number of aryl methyl sites for hydroxylation is 1. The normalized spacial score (nSPS) is 32.2. The molecule has 2 atom stereocenters. The molecule has 2 fully saturated rings. The van der Waals surface area contributed by atoms with E-state index in [4.69, 9.17) is 0 Å². The minimum Gasteiger partial charge on any atom is -0.294 e. The van der Waals surface area contributed by atoms with Crippen molar-refractivity contribution in [3.8, 4) is 0 Å². The monoisotopic (exact) mass is 278 g/mol. The summed E-state index contributed by atoms with van der Waals surface area (Å²) in [5.74, 6) is 0.0123. The summed E-state index contributed by atoms with van der Waals surface area (Å²) in [7, 11) is -2.94. The van der Waals surface area contributed by atoms with Crippen LogP contribution in [0.2, 0.25) is 0 Å². The topological polar surface area (TPSA) is 51.2 Å². The Balaban J connectivity index is 1.84. The van der Waals surface area contributed by atoms with Crippen molar-refractivity contribution in [2.75, 3.05) is 0 Å². The van der Waals surface area contributed by atoms with Gasteiger partial charge in [0.25, 0.3) is 0 Å². The van der Waals surface area contributed by atoms with Crippen LogP contribution in [0.25, 0.3) is 0 Å². The van der Waals surface area contributed by atoms with E-state index < -0.39 is 9.84 Å². The van der Waals surface area contributed by atoms with Crippen LogP contribution in [0.3, 0.4) is 0 Å². The summed E-state index contributed by atoms with van der Waals surface area (Å²) in [5.41, 5.74) is 1.79. The summed E-state index contributed by atoms with van der Waals surface area (Å²) in [6.07, 6.45) is 2.52. The Kier molecular flexibility index (Phi) is 3.01. The highest BCUT2D eigenvalue weighted by Crippen LogP contribution is 2.42. The van der Waals surface area contributed by atoms with Gasteiger partial charge in [-0.2, -0.15) is 0 Å². The molecular weight excluding hydrogens is 260 g/mol. The second kappa shape index (κ2) is 4.44. The molecule has 0 aromatic heterocycles. The number of benzene rings is 1. The van der Waals surface area contributed by atoms with Crippen molar-refractivity contribution in [2.24, 2.45) is 5.92 Å². The third-order valence-electron chi connectivity index (χ3n) is 4.51. The third kappa shape index (κ3) is 2.12. The average molecular weight is 278 g/mol. The summed E-state index contributed by atoms with van der Waals surface area (Å²) in [6, 6.07) is 7.58. The molecule has 2 aliphatic heterocycles. The van der Waals surface area contributed by atoms with Crippen molar-refractivity contribution in [1.29, 1.82) is 0 Å². The maximum absolute atomic E-state index is 12.5. The smallest absolute Gasteiger partial charge is 0.166 e. The molecule has 4 heteroatoms. The zero-order chi connectivity index (χ0) is 13.6. The molecule has 0 spiro atoms. The van der Waals surface area contributed by atoms with Crippen molar-refractivity contribution in [3.63, 3.8) is 0 Å². The van der Waals surface area contributed by atoms with Gasteiger partial charge in [-0.25, -0.2) is 8.42 Å². The first-order valence-corrected chi connectivity index (χ1v) is 8.43. The molecule has 0 radical (unpaired) electrons. The number of carbonyl (C=O) groups excluding carboxylic acids is 1. The summed E-state index contributed by atoms with van der Waals surface area (Å²) < 4.78 is 24.0. The number of Topliss-reactive ketones (excluding diaryl/α,β-unsaturated/α-hetero) is 1. The Morgan fingerprint density at radius 2 is 1.79 bits per heavy atom. The number of carbonyl (C=O) groups is 1. The van der Waals surface area contributed by atoms with Gasteiger partial charge >= 0.3 is 0 Å². The van der Waals surface area contributed by atoms with Gasteiger partial charge in [-0.05, 0) is 38.7 Å². The van der Waals surface area contributed by atoms with E-state index in [1.54, 1.807) is 0 Å². The summed E-state index contributed by atoms with van der Waals surface area (Å²) in [4.78, 5) is 12.5. The molecule has 0 aliphatic carbocycles. The van der Waals surface area contributed by atoms with E-state index >= 15 is 0 Å². The maximum atomic E-state index is 12.5. The van der Waals surface area contributed by atoms with E-state index in [2.05, 4.69) is 0 Å². The van der Waals surface area contributed by atoms with Gasteiger partial charge in [0.05, 0.1) is 10.5 Å². The van der Waals surface area contributed by atoms with E-state index in [1.165, 1.54) is 0 Å². The Hall–Kier alpha value is -1.16. The highest BCUT2D eigenvalue weighted by atomic mass is 32.2. The summed E-state index contributed by atoms with van der Waals surface area (Å²) in [5, 5.41) is -0.546. The van der Waals surface area contributed by atoms with Gasteiger partial charge in [0.15, 0.2) is 15.6 Å². The van der Waals surface area contributed by atoms with Gasteiger partial charge in [0.1, 0.15) is 0 Å². The zero-order valence-corrected chi connectivity index (χ0v) is 11.8. The van der Waals surface area contributed by atoms with Crippen molar-refractivity contribution < 1.29 is 13.2 Å². The first-order chi connectivity index (χ1) is 8.98. The fourth-order valence-electron chi connectivity index (χ4n) is 3.46. The van der Waals surface area contributed by atoms with Gasteiger partial charge in [0.2, 0.25) is 0 Å². The molecule has 0 amide bonds. The lowest BCUT2D eigenvalue weighted by Gasteiger charge is -2.27. The van der Waals surface area contributed by atoms with E-state index in [0.717, 1.165) is 24.0 Å². The second-order valence-corrected chi connectivity index (χ2v) is 8.32. The van der Waals surface area contributed by atoms with Gasteiger partial charge in [-0.3, -0.25) is 4.79 Å². The molecule has 2 bridgehead atoms. The molecular formula is C15H18O3S. The minimum absolute atomic E-state index is 0.108. The van der Waals surface area contributed by atoms with Crippen LogP contribution in [0.15, 0.2) is 24.3 Å². The molecule has 102 valence electrons. The number of ketones is 1. The lowest BCUT2D eigenvalue weighted by Crippen LogP contribution is -2.36. The number of hydrogen-bond acceptors (Lipinski definition) is 3. The van der Waals surface area contributed by atoms with Crippen LogP contribution in [0.4, 0.5) is 0 Å².